The van der Waals surface area contributed by atoms with Crippen molar-refractivity contribution < 1.29 is 25.3 Å². The van der Waals surface area contributed by atoms with E-state index in [1.54, 1.807) is 60.7 Å². The summed E-state index contributed by atoms with van der Waals surface area (Å²) in [6.45, 7) is 0. The normalized spacial score (nSPS) is 11.5. The van der Waals surface area contributed by atoms with Crippen LogP contribution in [-0.4, -0.2) is 10.2 Å². The van der Waals surface area contributed by atoms with Gasteiger partial charge in [-0.1, -0.05) is 36.4 Å². The summed E-state index contributed by atoms with van der Waals surface area (Å²) in [5.41, 5.74) is 13.6. The molecule has 0 radical (unpaired) electrons. The summed E-state index contributed by atoms with van der Waals surface area (Å²) in [6.07, 6.45) is 3.17. The molecule has 0 aliphatic carbocycles. The Bertz CT molecular complexity index is 628. The summed E-state index contributed by atoms with van der Waals surface area (Å²) in [6, 6.07) is 13.6. The third kappa shape index (κ3) is 5.04. The third-order valence-electron chi connectivity index (χ3n) is 2.83. The predicted octanol–water partition coefficient (Wildman–Crippen LogP) is 3.08. The number of benzene rings is 2. The Morgan fingerprint density at radius 3 is 1.41 bits per heavy atom. The van der Waals surface area contributed by atoms with E-state index in [4.69, 9.17) is 11.5 Å². The molecule has 0 aliphatic rings. The Labute approximate surface area is 141 Å². The van der Waals surface area contributed by atoms with Crippen LogP contribution < -0.4 is 11.5 Å². The van der Waals surface area contributed by atoms with Crippen LogP contribution in [0.3, 0.4) is 0 Å². The van der Waals surface area contributed by atoms with Crippen LogP contribution in [0, 0.1) is 0 Å². The molecule has 0 aromatic heterocycles. The fourth-order valence-corrected chi connectivity index (χ4v) is 1.72. The molecular weight excluding hydrogens is 343 g/mol. The second kappa shape index (κ2) is 9.05. The number of aromatic hydroxyl groups is 2. The first kappa shape index (κ1) is 18.0. The van der Waals surface area contributed by atoms with Gasteiger partial charge in [0, 0.05) is 11.1 Å². The van der Waals surface area contributed by atoms with Crippen molar-refractivity contribution in [2.75, 3.05) is 0 Å². The Balaban J connectivity index is 0.00000116. The summed E-state index contributed by atoms with van der Waals surface area (Å²) in [5, 5.41) is 19.3. The van der Waals surface area contributed by atoms with Gasteiger partial charge in [0.05, 0.1) is 11.4 Å². The average molecular weight is 359 g/mol. The molecule has 116 valence electrons. The first-order valence-corrected chi connectivity index (χ1v) is 7.85. The zero-order valence-electron chi connectivity index (χ0n) is 11.6. The topological polar surface area (TPSA) is 92.5 Å². The molecule has 0 atom stereocenters. The van der Waals surface area contributed by atoms with E-state index < -0.39 is 0 Å². The Morgan fingerprint density at radius 2 is 1.09 bits per heavy atom. The molecule has 4 nitrogen and oxygen atoms in total. The molecule has 2 rings (SSSR count). The maximum atomic E-state index is 9.67. The van der Waals surface area contributed by atoms with Crippen molar-refractivity contribution in [1.29, 1.82) is 0 Å². The van der Waals surface area contributed by atoms with Gasteiger partial charge < -0.3 is 21.7 Å². The number of phenolic OH excluding ortho intramolecular Hbond substituents is 2. The van der Waals surface area contributed by atoms with Crippen LogP contribution in [0.15, 0.2) is 59.9 Å². The summed E-state index contributed by atoms with van der Waals surface area (Å²) in [5.74, 6) is 0.261. The number of phenols is 2. The van der Waals surface area contributed by atoms with Gasteiger partial charge in [0.25, 0.3) is 0 Å². The van der Waals surface area contributed by atoms with E-state index in [2.05, 4.69) is 25.2 Å². The molecular formula is C16H16ClMnN2O2. The second-order valence-corrected chi connectivity index (χ2v) is 4.32. The molecule has 2 aromatic rings. The molecule has 0 bridgehead atoms. The van der Waals surface area contributed by atoms with E-state index in [0.29, 0.717) is 22.5 Å². The van der Waals surface area contributed by atoms with Crippen molar-refractivity contribution in [3.63, 3.8) is 0 Å². The summed E-state index contributed by atoms with van der Waals surface area (Å²) >= 11 is 2.41. The van der Waals surface area contributed by atoms with Gasteiger partial charge in [0.15, 0.2) is 0 Å². The van der Waals surface area contributed by atoms with Gasteiger partial charge in [-0.25, -0.2) is 0 Å². The number of hydrogen-bond acceptors (Lipinski definition) is 4. The van der Waals surface area contributed by atoms with Crippen molar-refractivity contribution in [3.8, 4) is 11.5 Å². The van der Waals surface area contributed by atoms with E-state index >= 15 is 0 Å². The molecule has 0 aliphatic heterocycles. The van der Waals surface area contributed by atoms with Crippen LogP contribution in [0.2, 0.25) is 0 Å². The van der Waals surface area contributed by atoms with Crippen molar-refractivity contribution in [3.05, 3.63) is 71.1 Å². The van der Waals surface area contributed by atoms with Gasteiger partial charge in [0.2, 0.25) is 0 Å². The van der Waals surface area contributed by atoms with Crippen molar-refractivity contribution in [1.82, 2.24) is 0 Å². The van der Waals surface area contributed by atoms with Crippen LogP contribution in [0.4, 0.5) is 0 Å². The molecule has 0 unspecified atom stereocenters. The van der Waals surface area contributed by atoms with Crippen LogP contribution in [0.25, 0.3) is 12.2 Å². The molecule has 0 saturated heterocycles. The minimum atomic E-state index is 0.130. The van der Waals surface area contributed by atoms with Crippen LogP contribution in [0.5, 0.6) is 11.5 Å². The SMILES string of the molecule is NC(=Cc1ccccc1O)C(N)=Cc1ccccc1O.[Cl][Mn]. The quantitative estimate of drug-likeness (QED) is 0.501. The third-order valence-corrected chi connectivity index (χ3v) is 2.83. The monoisotopic (exact) mass is 358 g/mol. The summed E-state index contributed by atoms with van der Waals surface area (Å²) in [4.78, 5) is 0. The number of halogens is 1. The average Bonchev–Trinajstić information content (AvgIpc) is 2.53. The Kier molecular flexibility index (Phi) is 7.40. The van der Waals surface area contributed by atoms with Crippen molar-refractivity contribution in [2.24, 2.45) is 11.5 Å². The van der Waals surface area contributed by atoms with Gasteiger partial charge in [-0.05, 0) is 24.3 Å². The summed E-state index contributed by atoms with van der Waals surface area (Å²) in [7, 11) is 4.45. The molecule has 0 fully saturated rings. The maximum absolute atomic E-state index is 9.67. The zero-order chi connectivity index (χ0) is 16.5. The zero-order valence-corrected chi connectivity index (χ0v) is 13.5. The molecule has 0 heterocycles. The summed E-state index contributed by atoms with van der Waals surface area (Å²) < 4.78 is 0. The van der Waals surface area contributed by atoms with Gasteiger partial charge in [0.1, 0.15) is 11.5 Å². The Hall–Kier alpha value is -2.07. The minimum absolute atomic E-state index is 0.130. The van der Waals surface area contributed by atoms with Crippen LogP contribution in [-0.2, 0) is 15.1 Å². The van der Waals surface area contributed by atoms with E-state index in [-0.39, 0.29) is 11.5 Å². The molecule has 0 amide bonds. The molecule has 6 N–H and O–H groups in total. The van der Waals surface area contributed by atoms with Gasteiger partial charge in [-0.15, -0.1) is 0 Å². The number of hydrogen-bond donors (Lipinski definition) is 4. The molecule has 2 aromatic carbocycles. The first-order valence-electron chi connectivity index (χ1n) is 6.23. The van der Waals surface area contributed by atoms with E-state index in [9.17, 15) is 10.2 Å². The molecule has 6 heteroatoms. The Morgan fingerprint density at radius 1 is 0.773 bits per heavy atom. The number of nitrogens with two attached hydrogens (primary N) is 2. The van der Waals surface area contributed by atoms with Gasteiger partial charge in [-0.2, -0.15) is 0 Å². The van der Waals surface area contributed by atoms with E-state index in [1.165, 1.54) is 0 Å². The van der Waals surface area contributed by atoms with Crippen LogP contribution >= 0.6 is 10.1 Å². The van der Waals surface area contributed by atoms with Crippen molar-refractivity contribution >= 4 is 22.3 Å². The molecule has 0 saturated carbocycles. The standard InChI is InChI=1S/C16H16N2O2.ClH.Mn/c17-13(9-11-5-1-3-7-15(11)19)14(18)10-12-6-2-4-8-16(12)20;;/h1-10,19-20H,17-18H2;1H;/q;;+1/p-1. The van der Waals surface area contributed by atoms with Gasteiger partial charge in [-0.3, -0.25) is 0 Å². The fourth-order valence-electron chi connectivity index (χ4n) is 1.72. The molecule has 22 heavy (non-hydrogen) atoms. The van der Waals surface area contributed by atoms with Gasteiger partial charge >= 0.3 is 25.2 Å². The first-order chi connectivity index (χ1) is 10.6. The molecule has 0 spiro atoms. The van der Waals surface area contributed by atoms with E-state index in [0.717, 1.165) is 0 Å². The predicted molar refractivity (Wildman–Crippen MR) is 86.4 cm³/mol. The fraction of sp³-hybridized carbons (Fsp3) is 0. The van der Waals surface area contributed by atoms with E-state index in [1.807, 2.05) is 0 Å². The van der Waals surface area contributed by atoms with Crippen LogP contribution in [0.1, 0.15) is 11.1 Å². The number of para-hydroxylation sites is 2. The van der Waals surface area contributed by atoms with Crippen molar-refractivity contribution in [2.45, 2.75) is 0 Å². The number of rotatable bonds is 3. The second-order valence-electron chi connectivity index (χ2n) is 4.32.